The van der Waals surface area contributed by atoms with Crippen LogP contribution in [0.3, 0.4) is 0 Å². The van der Waals surface area contributed by atoms with Crippen LogP contribution in [0, 0.1) is 5.92 Å². The van der Waals surface area contributed by atoms with Crippen LogP contribution in [0.2, 0.25) is 0 Å². The van der Waals surface area contributed by atoms with E-state index in [4.69, 9.17) is 17.2 Å². The molecular formula is C24H58N8. The number of hydrogen-bond acceptors (Lipinski definition) is 8. The summed E-state index contributed by atoms with van der Waals surface area (Å²) >= 11 is 0. The van der Waals surface area contributed by atoms with Crippen molar-refractivity contribution in [3.63, 3.8) is 0 Å². The number of nitrogens with zero attached hydrogens (tertiary/aromatic N) is 5. The number of rotatable bonds is 18. The predicted molar refractivity (Wildman–Crippen MR) is 141 cm³/mol. The van der Waals surface area contributed by atoms with Crippen LogP contribution in [0.4, 0.5) is 0 Å². The third kappa shape index (κ3) is 8.47. The molecule has 8 nitrogen and oxygen atoms in total. The lowest BCUT2D eigenvalue weighted by Gasteiger charge is -2.58. The zero-order valence-electron chi connectivity index (χ0n) is 23.1. The van der Waals surface area contributed by atoms with Crippen molar-refractivity contribution in [2.45, 2.75) is 64.3 Å². The second kappa shape index (κ2) is 15.6. The first-order chi connectivity index (χ1) is 15.0. The van der Waals surface area contributed by atoms with Crippen LogP contribution >= 0.6 is 0 Å². The SMILES string of the molecule is CCN(CC)C(N)CC(C(CN(C)C)C(N)CN)(C(CCN(C)C)N(C)C)N(CC)CC. The molecule has 0 saturated carbocycles. The first kappa shape index (κ1) is 31.7. The molecular weight excluding hydrogens is 400 g/mol. The van der Waals surface area contributed by atoms with Crippen LogP contribution in [-0.4, -0.2) is 136 Å². The molecule has 0 fully saturated rings. The van der Waals surface area contributed by atoms with Gasteiger partial charge >= 0.3 is 0 Å². The van der Waals surface area contributed by atoms with Crippen molar-refractivity contribution in [3.8, 4) is 0 Å². The maximum atomic E-state index is 6.96. The highest BCUT2D eigenvalue weighted by Crippen LogP contribution is 2.39. The Hall–Kier alpha value is -0.320. The molecule has 0 radical (unpaired) electrons. The van der Waals surface area contributed by atoms with Gasteiger partial charge in [-0.2, -0.15) is 0 Å². The van der Waals surface area contributed by atoms with E-state index in [9.17, 15) is 0 Å². The van der Waals surface area contributed by atoms with E-state index in [0.717, 1.165) is 52.1 Å². The largest absolute Gasteiger partial charge is 0.329 e. The van der Waals surface area contributed by atoms with Gasteiger partial charge in [0.15, 0.2) is 0 Å². The minimum atomic E-state index is -0.214. The maximum absolute atomic E-state index is 6.96. The summed E-state index contributed by atoms with van der Waals surface area (Å²) in [5, 5.41) is 0. The van der Waals surface area contributed by atoms with Gasteiger partial charge in [0, 0.05) is 36.6 Å². The molecule has 0 heterocycles. The van der Waals surface area contributed by atoms with Gasteiger partial charge < -0.3 is 31.9 Å². The Labute approximate surface area is 200 Å². The summed E-state index contributed by atoms with van der Waals surface area (Å²) in [6.45, 7) is 15.1. The summed E-state index contributed by atoms with van der Waals surface area (Å²) in [4.78, 5) is 12.0. The quantitative estimate of drug-likeness (QED) is 0.255. The van der Waals surface area contributed by atoms with Crippen molar-refractivity contribution in [1.29, 1.82) is 0 Å². The van der Waals surface area contributed by atoms with Gasteiger partial charge in [-0.05, 0) is 87.9 Å². The molecule has 0 bridgehead atoms. The average Bonchev–Trinajstić information content (AvgIpc) is 2.72. The Balaban J connectivity index is 6.96. The molecule has 5 atom stereocenters. The molecule has 0 aromatic heterocycles. The molecule has 0 aliphatic rings. The lowest BCUT2D eigenvalue weighted by Crippen LogP contribution is -2.72. The minimum absolute atomic E-state index is 0.0398. The van der Waals surface area contributed by atoms with Crippen LogP contribution in [-0.2, 0) is 0 Å². The van der Waals surface area contributed by atoms with E-state index in [-0.39, 0.29) is 29.7 Å². The van der Waals surface area contributed by atoms with Gasteiger partial charge in [-0.1, -0.05) is 27.7 Å². The Morgan fingerprint density at radius 1 is 0.781 bits per heavy atom. The maximum Gasteiger partial charge on any atom is 0.0590 e. The van der Waals surface area contributed by atoms with Gasteiger partial charge in [0.1, 0.15) is 0 Å². The van der Waals surface area contributed by atoms with Gasteiger partial charge in [-0.3, -0.25) is 9.80 Å². The molecule has 0 amide bonds. The number of nitrogens with two attached hydrogens (primary N) is 3. The third-order valence-electron chi connectivity index (χ3n) is 7.21. The topological polar surface area (TPSA) is 94.3 Å². The van der Waals surface area contributed by atoms with Gasteiger partial charge in [-0.25, -0.2) is 0 Å². The molecule has 8 heteroatoms. The van der Waals surface area contributed by atoms with Crippen LogP contribution in [0.1, 0.15) is 40.5 Å². The van der Waals surface area contributed by atoms with Crippen molar-refractivity contribution in [1.82, 2.24) is 24.5 Å². The van der Waals surface area contributed by atoms with E-state index in [1.54, 1.807) is 0 Å². The third-order valence-corrected chi connectivity index (χ3v) is 7.21. The van der Waals surface area contributed by atoms with E-state index in [2.05, 4.69) is 94.5 Å². The van der Waals surface area contributed by atoms with Crippen LogP contribution in [0.25, 0.3) is 0 Å². The highest BCUT2D eigenvalue weighted by atomic mass is 15.3. The molecule has 32 heavy (non-hydrogen) atoms. The van der Waals surface area contributed by atoms with Crippen LogP contribution in [0.5, 0.6) is 0 Å². The van der Waals surface area contributed by atoms with Crippen molar-refractivity contribution >= 4 is 0 Å². The normalized spacial score (nSPS) is 18.6. The van der Waals surface area contributed by atoms with E-state index < -0.39 is 0 Å². The summed E-state index contributed by atoms with van der Waals surface area (Å²) in [5.41, 5.74) is 19.8. The number of likely N-dealkylation sites (N-methyl/N-ethyl adjacent to an activating group) is 2. The van der Waals surface area contributed by atoms with E-state index >= 15 is 0 Å². The molecule has 0 spiro atoms. The molecule has 0 rings (SSSR count). The fourth-order valence-corrected chi connectivity index (χ4v) is 5.64. The Kier molecular flexibility index (Phi) is 15.4. The molecule has 0 aromatic carbocycles. The molecule has 0 aliphatic heterocycles. The zero-order chi connectivity index (χ0) is 25.1. The summed E-state index contributed by atoms with van der Waals surface area (Å²) in [5.74, 6) is 0.179. The van der Waals surface area contributed by atoms with Crippen LogP contribution < -0.4 is 17.2 Å². The van der Waals surface area contributed by atoms with Crippen LogP contribution in [0.15, 0.2) is 0 Å². The fraction of sp³-hybridized carbons (Fsp3) is 1.00. The predicted octanol–water partition coefficient (Wildman–Crippen LogP) is 0.429. The smallest absolute Gasteiger partial charge is 0.0590 e. The van der Waals surface area contributed by atoms with Crippen molar-refractivity contribution in [2.75, 3.05) is 88.1 Å². The van der Waals surface area contributed by atoms with Gasteiger partial charge in [0.05, 0.1) is 6.17 Å². The minimum Gasteiger partial charge on any atom is -0.329 e. The summed E-state index contributed by atoms with van der Waals surface area (Å²) in [6.07, 6.45) is 1.86. The zero-order valence-corrected chi connectivity index (χ0v) is 23.1. The molecule has 0 aromatic rings. The first-order valence-corrected chi connectivity index (χ1v) is 12.6. The number of hydrogen-bond donors (Lipinski definition) is 3. The fourth-order valence-electron chi connectivity index (χ4n) is 5.64. The lowest BCUT2D eigenvalue weighted by atomic mass is 9.68. The van der Waals surface area contributed by atoms with Gasteiger partial charge in [0.2, 0.25) is 0 Å². The second-order valence-electron chi connectivity index (χ2n) is 10.00. The lowest BCUT2D eigenvalue weighted by molar-refractivity contribution is -0.0672. The molecule has 194 valence electrons. The highest BCUT2D eigenvalue weighted by molar-refractivity contribution is 5.09. The standard InChI is InChI=1S/C24H58N8/c1-11-31(12-2)23(27)17-24(32(13-3)14-4,20(19-29(7)8)21(26)18-25)22(30(9)10)15-16-28(5)6/h20-23H,11-19,25-27H2,1-10H3. The second-order valence-corrected chi connectivity index (χ2v) is 10.00. The average molecular weight is 459 g/mol. The summed E-state index contributed by atoms with van der Waals surface area (Å²) < 4.78 is 0. The van der Waals surface area contributed by atoms with Crippen molar-refractivity contribution in [3.05, 3.63) is 0 Å². The highest BCUT2D eigenvalue weighted by Gasteiger charge is 2.52. The van der Waals surface area contributed by atoms with Gasteiger partial charge in [-0.15, -0.1) is 0 Å². The van der Waals surface area contributed by atoms with Crippen molar-refractivity contribution in [2.24, 2.45) is 23.1 Å². The Morgan fingerprint density at radius 3 is 1.66 bits per heavy atom. The Morgan fingerprint density at radius 2 is 1.31 bits per heavy atom. The summed E-state index contributed by atoms with van der Waals surface area (Å²) in [6, 6.07) is 0.178. The molecule has 0 aliphatic carbocycles. The first-order valence-electron chi connectivity index (χ1n) is 12.6. The van der Waals surface area contributed by atoms with Gasteiger partial charge in [0.25, 0.3) is 0 Å². The van der Waals surface area contributed by atoms with E-state index in [1.807, 2.05) is 0 Å². The Bertz CT molecular complexity index is 465. The summed E-state index contributed by atoms with van der Waals surface area (Å²) in [7, 11) is 13.0. The molecule has 0 saturated heterocycles. The molecule has 5 unspecified atom stereocenters. The molecule has 6 N–H and O–H groups in total. The van der Waals surface area contributed by atoms with Crippen molar-refractivity contribution < 1.29 is 0 Å². The monoisotopic (exact) mass is 458 g/mol. The van der Waals surface area contributed by atoms with E-state index in [1.165, 1.54) is 0 Å². The van der Waals surface area contributed by atoms with E-state index in [0.29, 0.717) is 6.54 Å².